The van der Waals surface area contributed by atoms with Crippen molar-refractivity contribution in [3.8, 4) is 22.8 Å². The molecule has 272 valence electrons. The van der Waals surface area contributed by atoms with Gasteiger partial charge in [-0.3, -0.25) is 9.69 Å². The molecule has 5 aromatic rings. The summed E-state index contributed by atoms with van der Waals surface area (Å²) < 4.78 is 48.7. The molecule has 1 saturated heterocycles. The average molecular weight is 759 g/mol. The van der Waals surface area contributed by atoms with E-state index in [1.54, 1.807) is 17.0 Å². The standard InChI is InChI=1S/C38H33F3N6O4S2/c1-3-27-11-7-8-24(2)33(27)47-32(48)22-53-37(47)44-36(52)43-31(35(49)50-21-26-9-5-4-6-10-26)20-25-12-14-28(15-13-25)34-42-23-46(45-34)29-16-18-30(19-17-29)51-38(39,40)41/h4-19,23,31H,3,20-22H2,1-2H3,(H,43,52)/b44-37-. The summed E-state index contributed by atoms with van der Waals surface area (Å²) in [5.41, 5.74) is 5.50. The largest absolute Gasteiger partial charge is 0.573 e. The van der Waals surface area contributed by atoms with E-state index in [0.29, 0.717) is 22.2 Å². The lowest BCUT2D eigenvalue weighted by atomic mass is 10.0. The molecule has 1 atom stereocenters. The first-order valence-electron chi connectivity index (χ1n) is 16.5. The second-order valence-electron chi connectivity index (χ2n) is 11.9. The Morgan fingerprint density at radius 3 is 2.43 bits per heavy atom. The lowest BCUT2D eigenvalue weighted by molar-refractivity contribution is -0.274. The number of hydrogen-bond acceptors (Lipinski definition) is 8. The minimum absolute atomic E-state index is 0.0323. The van der Waals surface area contributed by atoms with Crippen LogP contribution in [0.25, 0.3) is 17.1 Å². The van der Waals surface area contributed by atoms with Crippen LogP contribution in [-0.2, 0) is 33.8 Å². The molecule has 15 heteroatoms. The fourth-order valence-corrected chi connectivity index (χ4v) is 6.77. The Morgan fingerprint density at radius 1 is 1.00 bits per heavy atom. The second-order valence-corrected chi connectivity index (χ2v) is 13.2. The van der Waals surface area contributed by atoms with Crippen LogP contribution in [0.4, 0.5) is 18.9 Å². The number of thiocarbonyl (C=S) groups is 1. The molecular formula is C38H33F3N6O4S2. The van der Waals surface area contributed by atoms with Crippen molar-refractivity contribution in [3.05, 3.63) is 126 Å². The maximum Gasteiger partial charge on any atom is 0.573 e. The molecule has 4 aromatic carbocycles. The number of nitrogens with one attached hydrogen (secondary N) is 1. The molecule has 0 aliphatic carbocycles. The fourth-order valence-electron chi connectivity index (χ4n) is 5.63. The van der Waals surface area contributed by atoms with Crippen LogP contribution < -0.4 is 15.0 Å². The van der Waals surface area contributed by atoms with Gasteiger partial charge >= 0.3 is 12.3 Å². The highest BCUT2D eigenvalue weighted by Crippen LogP contribution is 2.33. The second kappa shape index (κ2) is 16.4. The monoisotopic (exact) mass is 758 g/mol. The van der Waals surface area contributed by atoms with Gasteiger partial charge in [-0.2, -0.15) is 4.99 Å². The van der Waals surface area contributed by atoms with Crippen LogP contribution in [-0.4, -0.2) is 55.1 Å². The number of thioether (sulfide) groups is 1. The number of carbonyl (C=O) groups is 2. The van der Waals surface area contributed by atoms with E-state index < -0.39 is 18.4 Å². The minimum Gasteiger partial charge on any atom is -0.459 e. The number of hydrogen-bond donors (Lipinski definition) is 1. The highest BCUT2D eigenvalue weighted by Gasteiger charge is 2.33. The predicted octanol–water partition coefficient (Wildman–Crippen LogP) is 7.37. The number of alkyl halides is 3. The number of amides is 1. The number of amidine groups is 1. The maximum absolute atomic E-state index is 13.5. The fraction of sp³-hybridized carbons (Fsp3) is 0.211. The van der Waals surface area contributed by atoms with E-state index in [1.165, 1.54) is 47.0 Å². The smallest absolute Gasteiger partial charge is 0.459 e. The van der Waals surface area contributed by atoms with Crippen LogP contribution in [0.1, 0.15) is 29.2 Å². The Kier molecular flexibility index (Phi) is 11.5. The van der Waals surface area contributed by atoms with Crippen molar-refractivity contribution in [2.24, 2.45) is 4.99 Å². The summed E-state index contributed by atoms with van der Waals surface area (Å²) >= 11 is 6.92. The number of aryl methyl sites for hydroxylation is 2. The van der Waals surface area contributed by atoms with Crippen molar-refractivity contribution in [2.75, 3.05) is 10.7 Å². The molecule has 6 rings (SSSR count). The van der Waals surface area contributed by atoms with Gasteiger partial charge in [0.25, 0.3) is 0 Å². The maximum atomic E-state index is 13.5. The van der Waals surface area contributed by atoms with E-state index in [-0.39, 0.29) is 35.5 Å². The molecular weight excluding hydrogens is 726 g/mol. The zero-order chi connectivity index (χ0) is 37.5. The van der Waals surface area contributed by atoms with Crippen LogP contribution >= 0.6 is 24.0 Å². The van der Waals surface area contributed by atoms with Gasteiger partial charge in [-0.15, -0.1) is 18.3 Å². The number of carbonyl (C=O) groups excluding carboxylic acids is 2. The van der Waals surface area contributed by atoms with E-state index in [1.807, 2.05) is 74.5 Å². The molecule has 1 aliphatic heterocycles. The van der Waals surface area contributed by atoms with E-state index in [2.05, 4.69) is 25.1 Å². The molecule has 2 heterocycles. The van der Waals surface area contributed by atoms with Crippen molar-refractivity contribution in [1.29, 1.82) is 0 Å². The van der Waals surface area contributed by atoms with Gasteiger partial charge in [-0.05, 0) is 72.1 Å². The van der Waals surface area contributed by atoms with Gasteiger partial charge in [0.15, 0.2) is 16.1 Å². The van der Waals surface area contributed by atoms with E-state index in [4.69, 9.17) is 17.0 Å². The lowest BCUT2D eigenvalue weighted by Gasteiger charge is -2.22. The predicted molar refractivity (Wildman–Crippen MR) is 201 cm³/mol. The first kappa shape index (κ1) is 37.2. The lowest BCUT2D eigenvalue weighted by Crippen LogP contribution is -2.43. The molecule has 0 spiro atoms. The van der Waals surface area contributed by atoms with Crippen molar-refractivity contribution < 1.29 is 32.2 Å². The van der Waals surface area contributed by atoms with Gasteiger partial charge in [0, 0.05) is 12.0 Å². The first-order chi connectivity index (χ1) is 25.5. The number of para-hydroxylation sites is 1. The van der Waals surface area contributed by atoms with Crippen LogP contribution in [0.5, 0.6) is 5.75 Å². The SMILES string of the molecule is CCc1cccc(C)c1N1C(=O)CS/C1=N\C(=S)NC(Cc1ccc(-c2ncn(-c3ccc(OC(F)(F)F)cc3)n2)cc1)C(=O)OCc1ccccc1. The van der Waals surface area contributed by atoms with Gasteiger partial charge in [-0.1, -0.05) is 91.5 Å². The molecule has 1 fully saturated rings. The molecule has 0 radical (unpaired) electrons. The van der Waals surface area contributed by atoms with Crippen LogP contribution in [0.2, 0.25) is 0 Å². The molecule has 53 heavy (non-hydrogen) atoms. The van der Waals surface area contributed by atoms with E-state index >= 15 is 0 Å². The molecule has 1 aliphatic rings. The van der Waals surface area contributed by atoms with Crippen LogP contribution in [0.15, 0.2) is 108 Å². The minimum atomic E-state index is -4.79. The normalized spacial score (nSPS) is 14.3. The average Bonchev–Trinajstić information content (AvgIpc) is 3.77. The van der Waals surface area contributed by atoms with E-state index in [0.717, 1.165) is 34.4 Å². The number of halogens is 3. The third-order valence-electron chi connectivity index (χ3n) is 8.17. The van der Waals surface area contributed by atoms with E-state index in [9.17, 15) is 22.8 Å². The molecule has 1 N–H and O–H groups in total. The van der Waals surface area contributed by atoms with Crippen LogP contribution in [0.3, 0.4) is 0 Å². The summed E-state index contributed by atoms with van der Waals surface area (Å²) in [5.74, 6) is -0.387. The number of anilines is 1. The molecule has 0 bridgehead atoms. The van der Waals surface area contributed by atoms with Gasteiger partial charge < -0.3 is 14.8 Å². The van der Waals surface area contributed by atoms with Crippen LogP contribution in [0, 0.1) is 6.92 Å². The Bertz CT molecular complexity index is 2120. The Labute approximate surface area is 313 Å². The van der Waals surface area contributed by atoms with Crippen molar-refractivity contribution in [3.63, 3.8) is 0 Å². The summed E-state index contributed by atoms with van der Waals surface area (Å²) in [7, 11) is 0. The Balaban J connectivity index is 1.18. The third-order valence-corrected chi connectivity index (χ3v) is 9.31. The summed E-state index contributed by atoms with van der Waals surface area (Å²) in [4.78, 5) is 37.2. The number of aliphatic imine (C=N–C) groups is 1. The number of rotatable bonds is 11. The first-order valence-corrected chi connectivity index (χ1v) is 17.9. The number of ether oxygens (including phenoxy) is 2. The van der Waals surface area contributed by atoms with Crippen molar-refractivity contribution >= 4 is 51.8 Å². The zero-order valence-corrected chi connectivity index (χ0v) is 30.2. The molecule has 0 saturated carbocycles. The number of benzene rings is 4. The van der Waals surface area contributed by atoms with Crippen molar-refractivity contribution in [2.45, 2.75) is 45.7 Å². The number of aromatic nitrogens is 3. The molecule has 1 aromatic heterocycles. The Hall–Kier alpha value is -5.54. The number of esters is 1. The number of nitrogens with zero attached hydrogens (tertiary/aromatic N) is 5. The van der Waals surface area contributed by atoms with Gasteiger partial charge in [-0.25, -0.2) is 14.5 Å². The highest BCUT2D eigenvalue weighted by molar-refractivity contribution is 8.15. The molecule has 1 unspecified atom stereocenters. The Morgan fingerprint density at radius 2 is 1.74 bits per heavy atom. The highest BCUT2D eigenvalue weighted by atomic mass is 32.2. The van der Waals surface area contributed by atoms with Gasteiger partial charge in [0.05, 0.1) is 17.1 Å². The summed E-state index contributed by atoms with van der Waals surface area (Å²) in [6.07, 6.45) is -2.41. The topological polar surface area (TPSA) is 111 Å². The van der Waals surface area contributed by atoms with Crippen molar-refractivity contribution in [1.82, 2.24) is 20.1 Å². The molecule has 1 amide bonds. The van der Waals surface area contributed by atoms with Gasteiger partial charge in [0.2, 0.25) is 5.91 Å². The quantitative estimate of drug-likeness (QED) is 0.109. The third kappa shape index (κ3) is 9.47. The van der Waals surface area contributed by atoms with Gasteiger partial charge in [0.1, 0.15) is 24.7 Å². The zero-order valence-electron chi connectivity index (χ0n) is 28.5. The molecule has 10 nitrogen and oxygen atoms in total. The summed E-state index contributed by atoms with van der Waals surface area (Å²) in [6, 6.07) is 26.8. The summed E-state index contributed by atoms with van der Waals surface area (Å²) in [5, 5.41) is 7.98. The summed E-state index contributed by atoms with van der Waals surface area (Å²) in [6.45, 7) is 4.04.